The summed E-state index contributed by atoms with van der Waals surface area (Å²) in [7, 11) is 4.06. The second-order valence-electron chi connectivity index (χ2n) is 4.39. The van der Waals surface area contributed by atoms with Crippen molar-refractivity contribution in [3.63, 3.8) is 0 Å². The van der Waals surface area contributed by atoms with E-state index in [1.165, 1.54) is 0 Å². The van der Waals surface area contributed by atoms with E-state index in [4.69, 9.17) is 0 Å². The monoisotopic (exact) mass is 200 g/mol. The van der Waals surface area contributed by atoms with Gasteiger partial charge in [-0.05, 0) is 27.9 Å². The van der Waals surface area contributed by atoms with Crippen LogP contribution in [0, 0.1) is 5.92 Å². The number of carbonyl (C=O) groups is 1. The Balaban J connectivity index is 4.32. The Labute approximate surface area is 88.1 Å². The van der Waals surface area contributed by atoms with E-state index in [1.807, 2.05) is 39.8 Å². The van der Waals surface area contributed by atoms with Crippen LogP contribution in [0.4, 0.5) is 0 Å². The molecule has 14 heavy (non-hydrogen) atoms. The van der Waals surface area contributed by atoms with E-state index in [0.29, 0.717) is 6.04 Å². The minimum Gasteiger partial charge on any atom is -0.339 e. The third-order valence-corrected chi connectivity index (χ3v) is 2.28. The minimum absolute atomic E-state index is 0.0968. The van der Waals surface area contributed by atoms with Gasteiger partial charge in [0.2, 0.25) is 5.91 Å². The highest BCUT2D eigenvalue weighted by molar-refractivity contribution is 5.78. The molecular formula is C11H24N2O. The SMILES string of the molecule is CCN(C(=O)C(C)C)C(C)CN(C)C. The quantitative estimate of drug-likeness (QED) is 0.670. The van der Waals surface area contributed by atoms with Gasteiger partial charge in [0, 0.05) is 25.0 Å². The maximum absolute atomic E-state index is 11.8. The average molecular weight is 200 g/mol. The zero-order valence-corrected chi connectivity index (χ0v) is 10.4. The van der Waals surface area contributed by atoms with E-state index in [2.05, 4.69) is 11.8 Å². The summed E-state index contributed by atoms with van der Waals surface area (Å²) in [6, 6.07) is 0.296. The number of amides is 1. The first-order valence-electron chi connectivity index (χ1n) is 5.35. The lowest BCUT2D eigenvalue weighted by Crippen LogP contribution is -2.45. The largest absolute Gasteiger partial charge is 0.339 e. The number of carbonyl (C=O) groups excluding carboxylic acids is 1. The predicted octanol–water partition coefficient (Wildman–Crippen LogP) is 1.44. The maximum atomic E-state index is 11.8. The Hall–Kier alpha value is -0.570. The smallest absolute Gasteiger partial charge is 0.225 e. The van der Waals surface area contributed by atoms with Crippen molar-refractivity contribution < 1.29 is 4.79 Å². The Morgan fingerprint density at radius 2 is 1.71 bits per heavy atom. The van der Waals surface area contributed by atoms with Gasteiger partial charge in [-0.25, -0.2) is 0 Å². The van der Waals surface area contributed by atoms with Crippen LogP contribution in [-0.4, -0.2) is 48.9 Å². The van der Waals surface area contributed by atoms with Crippen molar-refractivity contribution in [2.75, 3.05) is 27.2 Å². The van der Waals surface area contributed by atoms with Crippen LogP contribution in [0.15, 0.2) is 0 Å². The summed E-state index contributed by atoms with van der Waals surface area (Å²) < 4.78 is 0. The molecule has 0 N–H and O–H groups in total. The molecule has 0 aromatic heterocycles. The average Bonchev–Trinajstić information content (AvgIpc) is 2.03. The molecule has 0 fully saturated rings. The number of hydrogen-bond donors (Lipinski definition) is 0. The Kier molecular flexibility index (Phi) is 5.77. The van der Waals surface area contributed by atoms with Gasteiger partial charge in [-0.2, -0.15) is 0 Å². The van der Waals surface area contributed by atoms with Crippen LogP contribution in [0.25, 0.3) is 0 Å². The van der Waals surface area contributed by atoms with Crippen LogP contribution in [0.5, 0.6) is 0 Å². The summed E-state index contributed by atoms with van der Waals surface area (Å²) in [5.41, 5.74) is 0. The van der Waals surface area contributed by atoms with Gasteiger partial charge >= 0.3 is 0 Å². The first kappa shape index (κ1) is 13.4. The third kappa shape index (κ3) is 4.09. The van der Waals surface area contributed by atoms with Crippen molar-refractivity contribution in [1.29, 1.82) is 0 Å². The fourth-order valence-corrected chi connectivity index (χ4v) is 1.64. The molecule has 0 aromatic carbocycles. The Morgan fingerprint density at radius 1 is 1.21 bits per heavy atom. The number of likely N-dealkylation sites (N-methyl/N-ethyl adjacent to an activating group) is 2. The third-order valence-electron chi connectivity index (χ3n) is 2.28. The van der Waals surface area contributed by atoms with Gasteiger partial charge in [0.05, 0.1) is 0 Å². The van der Waals surface area contributed by atoms with Crippen LogP contribution in [0.1, 0.15) is 27.7 Å². The van der Waals surface area contributed by atoms with Crippen molar-refractivity contribution in [3.8, 4) is 0 Å². The van der Waals surface area contributed by atoms with Gasteiger partial charge in [0.1, 0.15) is 0 Å². The maximum Gasteiger partial charge on any atom is 0.225 e. The van der Waals surface area contributed by atoms with Crippen molar-refractivity contribution in [2.45, 2.75) is 33.7 Å². The Morgan fingerprint density at radius 3 is 2.00 bits per heavy atom. The van der Waals surface area contributed by atoms with Gasteiger partial charge in [-0.3, -0.25) is 4.79 Å². The molecule has 3 nitrogen and oxygen atoms in total. The summed E-state index contributed by atoms with van der Waals surface area (Å²) in [6.07, 6.45) is 0. The summed E-state index contributed by atoms with van der Waals surface area (Å²) in [6.45, 7) is 9.76. The van der Waals surface area contributed by atoms with E-state index in [-0.39, 0.29) is 11.8 Å². The van der Waals surface area contributed by atoms with E-state index in [0.717, 1.165) is 13.1 Å². The Bertz CT molecular complexity index is 178. The van der Waals surface area contributed by atoms with Gasteiger partial charge in [-0.1, -0.05) is 13.8 Å². The molecule has 0 heterocycles. The highest BCUT2D eigenvalue weighted by Gasteiger charge is 2.20. The van der Waals surface area contributed by atoms with Crippen molar-refractivity contribution in [3.05, 3.63) is 0 Å². The van der Waals surface area contributed by atoms with E-state index >= 15 is 0 Å². The molecule has 0 aliphatic heterocycles. The molecule has 3 heteroatoms. The minimum atomic E-state index is 0.0968. The first-order valence-corrected chi connectivity index (χ1v) is 5.35. The molecule has 1 amide bonds. The molecule has 1 atom stereocenters. The second-order valence-corrected chi connectivity index (χ2v) is 4.39. The van der Waals surface area contributed by atoms with Crippen molar-refractivity contribution >= 4 is 5.91 Å². The van der Waals surface area contributed by atoms with E-state index in [9.17, 15) is 4.79 Å². The van der Waals surface area contributed by atoms with Crippen LogP contribution < -0.4 is 0 Å². The molecule has 0 spiro atoms. The molecule has 0 bridgehead atoms. The molecule has 0 aliphatic rings. The molecule has 0 aliphatic carbocycles. The topological polar surface area (TPSA) is 23.6 Å². The lowest BCUT2D eigenvalue weighted by Gasteiger charge is -2.31. The summed E-state index contributed by atoms with van der Waals surface area (Å²) >= 11 is 0. The van der Waals surface area contributed by atoms with Crippen molar-refractivity contribution in [1.82, 2.24) is 9.80 Å². The molecule has 0 saturated heterocycles. The molecule has 0 radical (unpaired) electrons. The highest BCUT2D eigenvalue weighted by Crippen LogP contribution is 2.06. The first-order chi connectivity index (χ1) is 6.40. The number of hydrogen-bond acceptors (Lipinski definition) is 2. The summed E-state index contributed by atoms with van der Waals surface area (Å²) in [5, 5.41) is 0. The zero-order chi connectivity index (χ0) is 11.3. The molecule has 0 aromatic rings. The van der Waals surface area contributed by atoms with Crippen LogP contribution >= 0.6 is 0 Å². The predicted molar refractivity (Wildman–Crippen MR) is 60.2 cm³/mol. The molecule has 0 rings (SSSR count). The second kappa shape index (κ2) is 6.02. The molecular weight excluding hydrogens is 176 g/mol. The molecule has 84 valence electrons. The van der Waals surface area contributed by atoms with Gasteiger partial charge in [0.25, 0.3) is 0 Å². The number of rotatable bonds is 5. The van der Waals surface area contributed by atoms with Crippen LogP contribution in [-0.2, 0) is 4.79 Å². The van der Waals surface area contributed by atoms with Gasteiger partial charge < -0.3 is 9.80 Å². The lowest BCUT2D eigenvalue weighted by molar-refractivity contribution is -0.136. The van der Waals surface area contributed by atoms with E-state index < -0.39 is 0 Å². The lowest BCUT2D eigenvalue weighted by atomic mass is 10.1. The van der Waals surface area contributed by atoms with Crippen LogP contribution in [0.2, 0.25) is 0 Å². The standard InChI is InChI=1S/C11H24N2O/c1-7-13(11(14)9(2)3)10(4)8-12(5)6/h9-10H,7-8H2,1-6H3. The highest BCUT2D eigenvalue weighted by atomic mass is 16.2. The van der Waals surface area contributed by atoms with Crippen LogP contribution in [0.3, 0.4) is 0 Å². The summed E-state index contributed by atoms with van der Waals surface area (Å²) in [4.78, 5) is 15.9. The van der Waals surface area contributed by atoms with Gasteiger partial charge in [-0.15, -0.1) is 0 Å². The molecule has 1 unspecified atom stereocenters. The fraction of sp³-hybridized carbons (Fsp3) is 0.909. The molecule has 0 saturated carbocycles. The van der Waals surface area contributed by atoms with E-state index in [1.54, 1.807) is 0 Å². The zero-order valence-electron chi connectivity index (χ0n) is 10.4. The van der Waals surface area contributed by atoms with Gasteiger partial charge in [0.15, 0.2) is 0 Å². The summed E-state index contributed by atoms with van der Waals surface area (Å²) in [5.74, 6) is 0.349. The fourth-order valence-electron chi connectivity index (χ4n) is 1.64. The normalized spacial score (nSPS) is 13.4. The van der Waals surface area contributed by atoms with Crippen molar-refractivity contribution in [2.24, 2.45) is 5.92 Å². The number of nitrogens with zero attached hydrogens (tertiary/aromatic N) is 2.